The molecule has 0 bridgehead atoms. The molecule has 0 amide bonds. The van der Waals surface area contributed by atoms with E-state index in [4.69, 9.17) is 18.9 Å². The first-order valence-electron chi connectivity index (χ1n) is 16.8. The molecule has 3 saturated carbocycles. The van der Waals surface area contributed by atoms with Crippen molar-refractivity contribution in [3.63, 3.8) is 0 Å². The molecule has 0 radical (unpaired) electrons. The fraction of sp³-hybridized carbons (Fsp3) is 0.914. The van der Waals surface area contributed by atoms with Gasteiger partial charge in [0.25, 0.3) is 0 Å². The molecule has 0 heterocycles. The van der Waals surface area contributed by atoms with Crippen molar-refractivity contribution in [3.05, 3.63) is 11.6 Å². The highest BCUT2D eigenvalue weighted by Crippen LogP contribution is 2.70. The Bertz CT molecular complexity index is 984. The van der Waals surface area contributed by atoms with Crippen molar-refractivity contribution < 1.29 is 34.0 Å². The number of allylic oxidation sites excluding steroid dienone is 1. The molecule has 7 nitrogen and oxygen atoms in total. The predicted molar refractivity (Wildman–Crippen MR) is 164 cm³/mol. The van der Waals surface area contributed by atoms with Gasteiger partial charge in [0, 0.05) is 37.8 Å². The maximum atomic E-state index is 14.1. The van der Waals surface area contributed by atoms with E-state index >= 15 is 0 Å². The zero-order valence-corrected chi connectivity index (χ0v) is 28.0. The lowest BCUT2D eigenvalue weighted by Gasteiger charge is -2.62. The van der Waals surface area contributed by atoms with Crippen molar-refractivity contribution in [1.29, 1.82) is 0 Å². The zero-order chi connectivity index (χ0) is 31.1. The van der Waals surface area contributed by atoms with Gasteiger partial charge >= 0.3 is 0 Å². The van der Waals surface area contributed by atoms with E-state index in [9.17, 15) is 15.0 Å². The molecule has 242 valence electrons. The minimum Gasteiger partial charge on any atom is -0.390 e. The van der Waals surface area contributed by atoms with Crippen LogP contribution in [0.1, 0.15) is 114 Å². The lowest BCUT2D eigenvalue weighted by Crippen LogP contribution is -2.64. The molecule has 0 saturated heterocycles. The molecular formula is C35H60O7. The number of aliphatic hydroxyl groups is 2. The van der Waals surface area contributed by atoms with Crippen molar-refractivity contribution >= 4 is 5.78 Å². The molecule has 0 spiro atoms. The van der Waals surface area contributed by atoms with Crippen LogP contribution >= 0.6 is 0 Å². The van der Waals surface area contributed by atoms with E-state index in [2.05, 4.69) is 13.8 Å². The molecule has 10 atom stereocenters. The summed E-state index contributed by atoms with van der Waals surface area (Å²) in [5.74, 6) is 0.237. The summed E-state index contributed by atoms with van der Waals surface area (Å²) in [4.78, 5) is 14.1. The molecule has 4 aliphatic carbocycles. The molecule has 3 fully saturated rings. The Labute approximate surface area is 255 Å². The Balaban J connectivity index is 1.73. The minimum atomic E-state index is -1.12. The van der Waals surface area contributed by atoms with E-state index in [1.807, 2.05) is 40.7 Å². The second-order valence-corrected chi connectivity index (χ2v) is 14.9. The summed E-state index contributed by atoms with van der Waals surface area (Å²) in [7, 11) is 0. The van der Waals surface area contributed by atoms with Crippen molar-refractivity contribution in [2.45, 2.75) is 149 Å². The Morgan fingerprint density at radius 1 is 0.929 bits per heavy atom. The number of carbonyl (C=O) groups excluding carboxylic acids is 1. The average Bonchev–Trinajstić information content (AvgIpc) is 3.21. The standard InChI is InChI=1S/C35H60O7/c1-10-39-27-21-25-26(36)20-24-23(32(25,7)22-28(27)40-11-2)14-18-33(8)29(15-19-35(24,33)42-13-4)34(9,38)30(41-12-3)16-17-31(5,6)37/h20,23,25,27-30,37-38H,10-19,21-22H2,1-9H3/t23-,25-,27+,28-,29-,30?,32+,33+,34+,35+/m0/s1. The summed E-state index contributed by atoms with van der Waals surface area (Å²) in [6.07, 6.45) is 7.49. The molecule has 2 N–H and O–H groups in total. The third-order valence-electron chi connectivity index (χ3n) is 11.9. The van der Waals surface area contributed by atoms with Crippen LogP contribution in [0.25, 0.3) is 0 Å². The maximum Gasteiger partial charge on any atom is 0.159 e. The molecule has 4 aliphatic rings. The second-order valence-electron chi connectivity index (χ2n) is 14.9. The number of rotatable bonds is 13. The minimum absolute atomic E-state index is 0.0283. The zero-order valence-electron chi connectivity index (χ0n) is 28.0. The highest BCUT2D eigenvalue weighted by Gasteiger charge is 2.70. The predicted octanol–water partition coefficient (Wildman–Crippen LogP) is 6.03. The molecule has 42 heavy (non-hydrogen) atoms. The number of carbonyl (C=O) groups is 1. The first kappa shape index (κ1) is 34.1. The number of ketones is 1. The fourth-order valence-corrected chi connectivity index (χ4v) is 10.0. The smallest absolute Gasteiger partial charge is 0.159 e. The van der Waals surface area contributed by atoms with Gasteiger partial charge in [-0.3, -0.25) is 4.79 Å². The molecule has 1 unspecified atom stereocenters. The summed E-state index contributed by atoms with van der Waals surface area (Å²) >= 11 is 0. The lowest BCUT2D eigenvalue weighted by molar-refractivity contribution is -0.199. The van der Waals surface area contributed by atoms with Gasteiger partial charge in [-0.25, -0.2) is 0 Å². The number of hydrogen-bond donors (Lipinski definition) is 2. The highest BCUT2D eigenvalue weighted by molar-refractivity contribution is 5.95. The average molecular weight is 593 g/mol. The summed E-state index contributed by atoms with van der Waals surface area (Å²) in [6, 6.07) is 0. The normalized spacial score (nSPS) is 40.5. The van der Waals surface area contributed by atoms with Gasteiger partial charge in [-0.05, 0) is 129 Å². The van der Waals surface area contributed by atoms with E-state index in [1.165, 1.54) is 0 Å². The van der Waals surface area contributed by atoms with E-state index in [0.29, 0.717) is 45.7 Å². The van der Waals surface area contributed by atoms with Crippen molar-refractivity contribution in [1.82, 2.24) is 0 Å². The first-order valence-corrected chi connectivity index (χ1v) is 16.8. The van der Waals surface area contributed by atoms with Crippen LogP contribution in [-0.2, 0) is 23.7 Å². The highest BCUT2D eigenvalue weighted by atomic mass is 16.5. The largest absolute Gasteiger partial charge is 0.390 e. The SMILES string of the molecule is CCOC(CCC(C)(C)O)[C@](C)(O)[C@H]1CC[C@@]2(OCC)C3=CC(=O)[C@@H]4C[C@@H](OCC)[C@@H](OCC)C[C@]4(C)[C@H]3CC[C@]12C. The summed E-state index contributed by atoms with van der Waals surface area (Å²) < 4.78 is 25.5. The lowest BCUT2D eigenvalue weighted by atomic mass is 9.45. The quantitative estimate of drug-likeness (QED) is 0.270. The molecule has 7 heteroatoms. The number of fused-ring (bicyclic) bond motifs is 5. The van der Waals surface area contributed by atoms with Crippen LogP contribution in [0, 0.1) is 28.6 Å². The summed E-state index contributed by atoms with van der Waals surface area (Å²) in [5, 5.41) is 22.8. The van der Waals surface area contributed by atoms with E-state index in [1.54, 1.807) is 13.8 Å². The topological polar surface area (TPSA) is 94.5 Å². The third kappa shape index (κ3) is 5.69. The van der Waals surface area contributed by atoms with Crippen LogP contribution in [-0.4, -0.2) is 77.5 Å². The van der Waals surface area contributed by atoms with Gasteiger partial charge in [-0.2, -0.15) is 0 Å². The fourth-order valence-electron chi connectivity index (χ4n) is 10.0. The Morgan fingerprint density at radius 3 is 2.19 bits per heavy atom. The van der Waals surface area contributed by atoms with E-state index in [0.717, 1.165) is 37.7 Å². The van der Waals surface area contributed by atoms with Crippen molar-refractivity contribution in [2.75, 3.05) is 26.4 Å². The van der Waals surface area contributed by atoms with Crippen LogP contribution in [0.3, 0.4) is 0 Å². The van der Waals surface area contributed by atoms with Gasteiger partial charge in [0.2, 0.25) is 0 Å². The van der Waals surface area contributed by atoms with Gasteiger partial charge in [-0.15, -0.1) is 0 Å². The van der Waals surface area contributed by atoms with Crippen molar-refractivity contribution in [3.8, 4) is 0 Å². The van der Waals surface area contributed by atoms with E-state index in [-0.39, 0.29) is 46.6 Å². The Morgan fingerprint density at radius 2 is 1.60 bits per heavy atom. The van der Waals surface area contributed by atoms with Crippen LogP contribution in [0.4, 0.5) is 0 Å². The molecule has 0 aromatic heterocycles. The second kappa shape index (κ2) is 12.5. The monoisotopic (exact) mass is 592 g/mol. The Kier molecular flexibility index (Phi) is 10.1. The third-order valence-corrected chi connectivity index (χ3v) is 11.9. The molecule has 0 aromatic rings. The molecule has 4 rings (SSSR count). The van der Waals surface area contributed by atoms with Crippen LogP contribution in [0.2, 0.25) is 0 Å². The van der Waals surface area contributed by atoms with Gasteiger partial charge < -0.3 is 29.2 Å². The summed E-state index contributed by atoms with van der Waals surface area (Å²) in [5.41, 5.74) is -2.03. The van der Waals surface area contributed by atoms with Gasteiger partial charge in [0.1, 0.15) is 0 Å². The molecule has 0 aromatic carbocycles. The first-order chi connectivity index (χ1) is 19.6. The van der Waals surface area contributed by atoms with Crippen molar-refractivity contribution in [2.24, 2.45) is 28.6 Å². The van der Waals surface area contributed by atoms with Gasteiger partial charge in [0.05, 0.1) is 35.1 Å². The van der Waals surface area contributed by atoms with E-state index < -0.39 is 22.9 Å². The van der Waals surface area contributed by atoms with Crippen LogP contribution in [0.15, 0.2) is 11.6 Å². The number of hydrogen-bond acceptors (Lipinski definition) is 7. The summed E-state index contributed by atoms with van der Waals surface area (Å²) in [6.45, 7) is 20.5. The van der Waals surface area contributed by atoms with Crippen LogP contribution in [0.5, 0.6) is 0 Å². The molecule has 0 aliphatic heterocycles. The van der Waals surface area contributed by atoms with Gasteiger partial charge in [0.15, 0.2) is 5.78 Å². The number of ether oxygens (including phenoxy) is 4. The van der Waals surface area contributed by atoms with Gasteiger partial charge in [-0.1, -0.05) is 13.8 Å². The molecular weight excluding hydrogens is 532 g/mol. The maximum absolute atomic E-state index is 14.1. The van der Waals surface area contributed by atoms with Crippen LogP contribution < -0.4 is 0 Å². The Hall–Kier alpha value is -0.830.